The second-order valence-corrected chi connectivity index (χ2v) is 8.29. The maximum atomic E-state index is 13.3. The molecule has 182 valence electrons. The number of nitrogens with zero attached hydrogens (tertiary/aromatic N) is 8. The van der Waals surface area contributed by atoms with Gasteiger partial charge >= 0.3 is 0 Å². The molecule has 5 aromatic heterocycles. The van der Waals surface area contributed by atoms with Crippen LogP contribution in [0.3, 0.4) is 0 Å². The first-order valence-electron chi connectivity index (χ1n) is 11.3. The Hall–Kier alpha value is -5.22. The van der Waals surface area contributed by atoms with Gasteiger partial charge in [0.15, 0.2) is 11.6 Å². The highest BCUT2D eigenvalue weighted by molar-refractivity contribution is 5.85. The van der Waals surface area contributed by atoms with Gasteiger partial charge in [0.2, 0.25) is 0 Å². The third-order valence-corrected chi connectivity index (χ3v) is 6.07. The Morgan fingerprint density at radius 2 is 1.97 bits per heavy atom. The maximum Gasteiger partial charge on any atom is 0.161 e. The molecule has 0 aliphatic carbocycles. The standard InChI is InChI=1S/C27H21FN8O/c1-4-9-37-23-10-24(27-21(11-29)14-32-36(27)17-23)20-6-7-25(30-13-20)34(3)18(2)19-5-8-26(31-12-19)35-16-22(28)15-33-35/h1,5-8,10,12-18H,9H2,2-3H3/t18-/m0/s1. The number of hydrogen-bond donors (Lipinski definition) is 0. The molecule has 9 nitrogen and oxygen atoms in total. The highest BCUT2D eigenvalue weighted by Gasteiger charge is 2.17. The van der Waals surface area contributed by atoms with E-state index in [1.807, 2.05) is 43.1 Å². The summed E-state index contributed by atoms with van der Waals surface area (Å²) >= 11 is 0. The second kappa shape index (κ2) is 9.80. The van der Waals surface area contributed by atoms with Crippen molar-refractivity contribution < 1.29 is 9.13 Å². The fourth-order valence-electron chi connectivity index (χ4n) is 3.99. The van der Waals surface area contributed by atoms with E-state index in [4.69, 9.17) is 11.2 Å². The fraction of sp³-hybridized carbons (Fsp3) is 0.148. The van der Waals surface area contributed by atoms with E-state index < -0.39 is 5.82 Å². The van der Waals surface area contributed by atoms with Gasteiger partial charge in [0.05, 0.1) is 41.9 Å². The molecule has 10 heteroatoms. The molecule has 0 fully saturated rings. The summed E-state index contributed by atoms with van der Waals surface area (Å²) in [6.07, 6.45) is 14.4. The molecule has 0 spiro atoms. The highest BCUT2D eigenvalue weighted by Crippen LogP contribution is 2.32. The number of nitriles is 1. The quantitative estimate of drug-likeness (QED) is 0.314. The van der Waals surface area contributed by atoms with Crippen molar-refractivity contribution in [2.75, 3.05) is 18.6 Å². The highest BCUT2D eigenvalue weighted by atomic mass is 19.1. The number of terminal acetylenes is 1. The van der Waals surface area contributed by atoms with Gasteiger partial charge in [-0.2, -0.15) is 15.5 Å². The third-order valence-electron chi connectivity index (χ3n) is 6.07. The first-order valence-corrected chi connectivity index (χ1v) is 11.3. The molecule has 0 N–H and O–H groups in total. The van der Waals surface area contributed by atoms with Gasteiger partial charge < -0.3 is 9.64 Å². The summed E-state index contributed by atoms with van der Waals surface area (Å²) in [5.41, 5.74) is 3.63. The number of pyridine rings is 3. The van der Waals surface area contributed by atoms with Gasteiger partial charge in [-0.3, -0.25) is 0 Å². The van der Waals surface area contributed by atoms with Gasteiger partial charge in [-0.05, 0) is 36.8 Å². The minimum atomic E-state index is -0.418. The van der Waals surface area contributed by atoms with Gasteiger partial charge in [0, 0.05) is 30.6 Å². The Kier molecular flexibility index (Phi) is 6.23. The molecule has 37 heavy (non-hydrogen) atoms. The van der Waals surface area contributed by atoms with Crippen molar-refractivity contribution in [3.8, 4) is 41.1 Å². The topological polar surface area (TPSA) is 97.2 Å². The predicted octanol–water partition coefficient (Wildman–Crippen LogP) is 4.20. The van der Waals surface area contributed by atoms with Crippen molar-refractivity contribution in [3.63, 3.8) is 0 Å². The largest absolute Gasteiger partial charge is 0.479 e. The number of fused-ring (bicyclic) bond motifs is 1. The van der Waals surface area contributed by atoms with Crippen LogP contribution in [-0.2, 0) is 0 Å². The van der Waals surface area contributed by atoms with Gasteiger partial charge in [0.1, 0.15) is 24.2 Å². The summed E-state index contributed by atoms with van der Waals surface area (Å²) in [6, 6.07) is 11.5. The number of anilines is 1. The van der Waals surface area contributed by atoms with E-state index in [1.165, 1.54) is 17.1 Å². The number of halogens is 1. The molecule has 5 heterocycles. The molecule has 1 atom stereocenters. The monoisotopic (exact) mass is 492 g/mol. The van der Waals surface area contributed by atoms with E-state index in [-0.39, 0.29) is 12.6 Å². The van der Waals surface area contributed by atoms with Crippen LogP contribution in [0.15, 0.2) is 67.5 Å². The van der Waals surface area contributed by atoms with Crippen molar-refractivity contribution in [3.05, 3.63) is 84.5 Å². The van der Waals surface area contributed by atoms with Gasteiger partial charge in [-0.15, -0.1) is 6.42 Å². The summed E-state index contributed by atoms with van der Waals surface area (Å²) in [7, 11) is 1.95. The molecule has 0 aliphatic heterocycles. The molecule has 0 unspecified atom stereocenters. The Bertz CT molecular complexity index is 1640. The van der Waals surface area contributed by atoms with E-state index in [2.05, 4.69) is 32.2 Å². The van der Waals surface area contributed by atoms with Crippen LogP contribution in [0, 0.1) is 29.5 Å². The number of ether oxygens (including phenoxy) is 1. The zero-order valence-corrected chi connectivity index (χ0v) is 20.1. The summed E-state index contributed by atoms with van der Waals surface area (Å²) in [5.74, 6) is 3.85. The normalized spacial score (nSPS) is 11.6. The van der Waals surface area contributed by atoms with Crippen molar-refractivity contribution in [2.24, 2.45) is 0 Å². The Balaban J connectivity index is 1.41. The Morgan fingerprint density at radius 1 is 1.11 bits per heavy atom. The van der Waals surface area contributed by atoms with E-state index in [0.717, 1.165) is 28.7 Å². The van der Waals surface area contributed by atoms with Crippen molar-refractivity contribution >= 4 is 11.3 Å². The lowest BCUT2D eigenvalue weighted by atomic mass is 10.0. The van der Waals surface area contributed by atoms with Crippen LogP contribution in [0.2, 0.25) is 0 Å². The van der Waals surface area contributed by atoms with Crippen LogP contribution >= 0.6 is 0 Å². The third kappa shape index (κ3) is 4.56. The molecule has 5 aromatic rings. The first-order chi connectivity index (χ1) is 18.0. The number of hydrogen-bond acceptors (Lipinski definition) is 7. The average Bonchev–Trinajstić information content (AvgIpc) is 3.56. The van der Waals surface area contributed by atoms with Crippen LogP contribution in [0.1, 0.15) is 24.1 Å². The minimum Gasteiger partial charge on any atom is -0.479 e. The fourth-order valence-corrected chi connectivity index (χ4v) is 3.99. The lowest BCUT2D eigenvalue weighted by Crippen LogP contribution is -2.22. The van der Waals surface area contributed by atoms with E-state index in [1.54, 1.807) is 29.2 Å². The number of rotatable bonds is 7. The second-order valence-electron chi connectivity index (χ2n) is 8.29. The molecule has 0 aromatic carbocycles. The zero-order chi connectivity index (χ0) is 25.9. The summed E-state index contributed by atoms with van der Waals surface area (Å²) in [4.78, 5) is 11.1. The van der Waals surface area contributed by atoms with Crippen LogP contribution in [-0.4, -0.2) is 43.0 Å². The average molecular weight is 493 g/mol. The first kappa shape index (κ1) is 23.5. The molecule has 0 saturated heterocycles. The number of aromatic nitrogens is 6. The molecular weight excluding hydrogens is 471 g/mol. The molecule has 0 radical (unpaired) electrons. The van der Waals surface area contributed by atoms with E-state index in [9.17, 15) is 9.65 Å². The molecule has 5 rings (SSSR count). The van der Waals surface area contributed by atoms with Gasteiger partial charge in [0.25, 0.3) is 0 Å². The molecule has 0 bridgehead atoms. The van der Waals surface area contributed by atoms with E-state index >= 15 is 0 Å². The van der Waals surface area contributed by atoms with Crippen molar-refractivity contribution in [1.82, 2.24) is 29.4 Å². The zero-order valence-electron chi connectivity index (χ0n) is 20.1. The van der Waals surface area contributed by atoms with Crippen LogP contribution < -0.4 is 9.64 Å². The van der Waals surface area contributed by atoms with Crippen LogP contribution in [0.4, 0.5) is 10.2 Å². The lowest BCUT2D eigenvalue weighted by molar-refractivity contribution is 0.368. The van der Waals surface area contributed by atoms with Crippen LogP contribution in [0.25, 0.3) is 22.5 Å². The maximum absolute atomic E-state index is 13.3. The SMILES string of the molecule is C#CCOc1cc(-c2ccc(N(C)[C@@H](C)c3ccc(-n4cc(F)cn4)nc3)nc2)c2c(C#N)cnn2c1. The van der Waals surface area contributed by atoms with Gasteiger partial charge in [-0.1, -0.05) is 12.0 Å². The summed E-state index contributed by atoms with van der Waals surface area (Å²) in [5, 5.41) is 17.8. The smallest absolute Gasteiger partial charge is 0.161 e. The molecule has 0 saturated carbocycles. The van der Waals surface area contributed by atoms with Crippen molar-refractivity contribution in [1.29, 1.82) is 5.26 Å². The summed E-state index contributed by atoms with van der Waals surface area (Å²) < 4.78 is 21.9. The minimum absolute atomic E-state index is 0.0403. The van der Waals surface area contributed by atoms with Gasteiger partial charge in [-0.25, -0.2) is 23.6 Å². The summed E-state index contributed by atoms with van der Waals surface area (Å²) in [6.45, 7) is 2.16. The predicted molar refractivity (Wildman–Crippen MR) is 136 cm³/mol. The Morgan fingerprint density at radius 3 is 2.62 bits per heavy atom. The Labute approximate surface area is 212 Å². The molecule has 0 aliphatic rings. The molecular formula is C27H21FN8O. The van der Waals surface area contributed by atoms with Crippen LogP contribution in [0.5, 0.6) is 5.75 Å². The lowest BCUT2D eigenvalue weighted by Gasteiger charge is -2.26. The van der Waals surface area contributed by atoms with E-state index in [0.29, 0.717) is 22.6 Å². The van der Waals surface area contributed by atoms with Crippen molar-refractivity contribution in [2.45, 2.75) is 13.0 Å². The molecule has 0 amide bonds.